The molecular formula is C11H17N3O. The van der Waals surface area contributed by atoms with Crippen LogP contribution in [0.3, 0.4) is 0 Å². The van der Waals surface area contributed by atoms with E-state index in [2.05, 4.69) is 16.5 Å². The van der Waals surface area contributed by atoms with Gasteiger partial charge in [-0.05, 0) is 25.3 Å². The molecule has 82 valence electrons. The van der Waals surface area contributed by atoms with Gasteiger partial charge in [0.2, 0.25) is 0 Å². The Labute approximate surface area is 89.6 Å². The van der Waals surface area contributed by atoms with Gasteiger partial charge in [-0.15, -0.1) is 0 Å². The minimum Gasteiger partial charge on any atom is -0.372 e. The average molecular weight is 207 g/mol. The van der Waals surface area contributed by atoms with Crippen molar-refractivity contribution in [3.63, 3.8) is 0 Å². The van der Waals surface area contributed by atoms with E-state index in [1.54, 1.807) is 0 Å². The molecule has 1 unspecified atom stereocenters. The Bertz CT molecular complexity index is 356. The van der Waals surface area contributed by atoms with E-state index in [0.29, 0.717) is 6.04 Å². The molecule has 1 saturated heterocycles. The highest BCUT2D eigenvalue weighted by molar-refractivity contribution is 5.16. The number of aryl methyl sites for hydroxylation is 1. The molecule has 1 aliphatic carbocycles. The zero-order chi connectivity index (χ0) is 10.3. The number of aromatic nitrogens is 2. The molecule has 1 aromatic heterocycles. The summed E-state index contributed by atoms with van der Waals surface area (Å²) in [5, 5.41) is 7.81. The maximum atomic E-state index is 5.99. The predicted molar refractivity (Wildman–Crippen MR) is 56.5 cm³/mol. The second-order valence-corrected chi connectivity index (χ2v) is 4.53. The summed E-state index contributed by atoms with van der Waals surface area (Å²) >= 11 is 0. The summed E-state index contributed by atoms with van der Waals surface area (Å²) in [5.74, 6) is 0. The van der Waals surface area contributed by atoms with Crippen LogP contribution in [0.15, 0.2) is 12.3 Å². The van der Waals surface area contributed by atoms with Gasteiger partial charge in [0.05, 0.1) is 23.9 Å². The van der Waals surface area contributed by atoms with Gasteiger partial charge in [0.25, 0.3) is 0 Å². The molecule has 2 aliphatic rings. The van der Waals surface area contributed by atoms with Gasteiger partial charge in [0.15, 0.2) is 0 Å². The lowest BCUT2D eigenvalue weighted by Crippen LogP contribution is -2.56. The maximum absolute atomic E-state index is 5.99. The average Bonchev–Trinajstić information content (AvgIpc) is 2.62. The fraction of sp³-hybridized carbons (Fsp3) is 0.727. The molecule has 0 bridgehead atoms. The molecule has 4 nitrogen and oxygen atoms in total. The van der Waals surface area contributed by atoms with E-state index in [0.717, 1.165) is 13.2 Å². The molecule has 0 radical (unpaired) electrons. The summed E-state index contributed by atoms with van der Waals surface area (Å²) in [5.41, 5.74) is 1.31. The molecule has 1 aromatic rings. The van der Waals surface area contributed by atoms with Crippen LogP contribution in [0.1, 0.15) is 31.0 Å². The van der Waals surface area contributed by atoms with Crippen LogP contribution >= 0.6 is 0 Å². The summed E-state index contributed by atoms with van der Waals surface area (Å²) in [6, 6.07) is 2.42. The molecule has 0 amide bonds. The fourth-order valence-electron chi connectivity index (χ4n) is 2.73. The first-order valence-corrected chi connectivity index (χ1v) is 5.67. The molecule has 1 saturated carbocycles. The van der Waals surface area contributed by atoms with E-state index < -0.39 is 0 Å². The van der Waals surface area contributed by atoms with Crippen molar-refractivity contribution in [2.75, 3.05) is 13.2 Å². The van der Waals surface area contributed by atoms with Gasteiger partial charge < -0.3 is 10.1 Å². The first kappa shape index (κ1) is 9.36. The largest absolute Gasteiger partial charge is 0.372 e. The normalized spacial score (nSPS) is 29.0. The van der Waals surface area contributed by atoms with Crippen LogP contribution in [-0.4, -0.2) is 28.5 Å². The number of rotatable bonds is 1. The zero-order valence-corrected chi connectivity index (χ0v) is 9.07. The van der Waals surface area contributed by atoms with Crippen molar-refractivity contribution in [2.45, 2.75) is 30.9 Å². The van der Waals surface area contributed by atoms with Crippen molar-refractivity contribution >= 4 is 0 Å². The molecule has 1 aliphatic heterocycles. The molecule has 3 rings (SSSR count). The molecule has 15 heavy (non-hydrogen) atoms. The third-order valence-electron chi connectivity index (χ3n) is 3.72. The van der Waals surface area contributed by atoms with Gasteiger partial charge in [-0.3, -0.25) is 4.68 Å². The summed E-state index contributed by atoms with van der Waals surface area (Å²) < 4.78 is 7.94. The summed E-state index contributed by atoms with van der Waals surface area (Å²) in [6.45, 7) is 1.78. The van der Waals surface area contributed by atoms with E-state index in [1.165, 1.54) is 25.0 Å². The van der Waals surface area contributed by atoms with Gasteiger partial charge in [-0.25, -0.2) is 0 Å². The number of morpholine rings is 1. The first-order valence-electron chi connectivity index (χ1n) is 5.67. The number of hydrogen-bond donors (Lipinski definition) is 1. The van der Waals surface area contributed by atoms with E-state index in [4.69, 9.17) is 4.74 Å². The summed E-state index contributed by atoms with van der Waals surface area (Å²) in [4.78, 5) is 0. The molecule has 1 atom stereocenters. The summed E-state index contributed by atoms with van der Waals surface area (Å²) in [7, 11) is 2.00. The number of ether oxygens (including phenoxy) is 1. The third-order valence-corrected chi connectivity index (χ3v) is 3.72. The van der Waals surface area contributed by atoms with Crippen LogP contribution in [0, 0.1) is 0 Å². The number of nitrogens with one attached hydrogen (secondary N) is 1. The third kappa shape index (κ3) is 1.32. The maximum Gasteiger partial charge on any atom is 0.0892 e. The van der Waals surface area contributed by atoms with Crippen LogP contribution in [0.2, 0.25) is 0 Å². The molecule has 2 heterocycles. The topological polar surface area (TPSA) is 39.1 Å². The number of nitrogens with zero attached hydrogens (tertiary/aromatic N) is 2. The molecule has 1 spiro atoms. The highest BCUT2D eigenvalue weighted by Crippen LogP contribution is 2.46. The molecule has 4 heteroatoms. The lowest BCUT2D eigenvalue weighted by Gasteiger charge is -2.50. The fourth-order valence-corrected chi connectivity index (χ4v) is 2.73. The van der Waals surface area contributed by atoms with Crippen molar-refractivity contribution in [3.05, 3.63) is 18.0 Å². The molecular weight excluding hydrogens is 190 g/mol. The highest BCUT2D eigenvalue weighted by Gasteiger charge is 2.48. The van der Waals surface area contributed by atoms with Gasteiger partial charge in [0, 0.05) is 19.8 Å². The Morgan fingerprint density at radius 3 is 3.07 bits per heavy atom. The predicted octanol–water partition coefficient (Wildman–Crippen LogP) is 1.00. The van der Waals surface area contributed by atoms with Crippen LogP contribution in [0.4, 0.5) is 0 Å². The van der Waals surface area contributed by atoms with Crippen molar-refractivity contribution in [1.82, 2.24) is 15.1 Å². The van der Waals surface area contributed by atoms with E-state index in [1.807, 2.05) is 17.9 Å². The van der Waals surface area contributed by atoms with Gasteiger partial charge >= 0.3 is 0 Å². The van der Waals surface area contributed by atoms with E-state index in [9.17, 15) is 0 Å². The second-order valence-electron chi connectivity index (χ2n) is 4.53. The Hall–Kier alpha value is -0.870. The Morgan fingerprint density at radius 1 is 1.60 bits per heavy atom. The quantitative estimate of drug-likeness (QED) is 0.747. The van der Waals surface area contributed by atoms with Gasteiger partial charge in [0.1, 0.15) is 0 Å². The summed E-state index contributed by atoms with van der Waals surface area (Å²) in [6.07, 6.45) is 5.50. The van der Waals surface area contributed by atoms with Crippen molar-refractivity contribution in [1.29, 1.82) is 0 Å². The standard InChI is InChI=1S/C11H17N3O/c1-14-9(3-6-13-14)10-11(4-2-5-11)15-8-7-12-10/h3,6,10,12H,2,4-5,7-8H2,1H3. The van der Waals surface area contributed by atoms with E-state index >= 15 is 0 Å². The Balaban J connectivity index is 1.92. The lowest BCUT2D eigenvalue weighted by atomic mass is 9.72. The van der Waals surface area contributed by atoms with Crippen molar-refractivity contribution < 1.29 is 4.74 Å². The minimum absolute atomic E-state index is 0.0616. The van der Waals surface area contributed by atoms with Gasteiger partial charge in [-0.1, -0.05) is 0 Å². The van der Waals surface area contributed by atoms with Crippen LogP contribution in [0.25, 0.3) is 0 Å². The highest BCUT2D eigenvalue weighted by atomic mass is 16.5. The van der Waals surface area contributed by atoms with Crippen LogP contribution in [-0.2, 0) is 11.8 Å². The second kappa shape index (κ2) is 3.32. The minimum atomic E-state index is 0.0616. The van der Waals surface area contributed by atoms with Crippen LogP contribution in [0.5, 0.6) is 0 Å². The number of hydrogen-bond acceptors (Lipinski definition) is 3. The van der Waals surface area contributed by atoms with Crippen molar-refractivity contribution in [2.24, 2.45) is 7.05 Å². The molecule has 1 N–H and O–H groups in total. The Kier molecular flexibility index (Phi) is 2.07. The zero-order valence-electron chi connectivity index (χ0n) is 9.07. The van der Waals surface area contributed by atoms with Crippen LogP contribution < -0.4 is 5.32 Å². The van der Waals surface area contributed by atoms with Crippen molar-refractivity contribution in [3.8, 4) is 0 Å². The monoisotopic (exact) mass is 207 g/mol. The first-order chi connectivity index (χ1) is 7.32. The van der Waals surface area contributed by atoms with E-state index in [-0.39, 0.29) is 5.60 Å². The van der Waals surface area contributed by atoms with Gasteiger partial charge in [-0.2, -0.15) is 5.10 Å². The smallest absolute Gasteiger partial charge is 0.0892 e. The SMILES string of the molecule is Cn1nccc1C1NCCOC12CCC2. The molecule has 2 fully saturated rings. The lowest BCUT2D eigenvalue weighted by molar-refractivity contribution is -0.147. The molecule has 0 aromatic carbocycles. The Morgan fingerprint density at radius 2 is 2.47 bits per heavy atom.